The Balaban J connectivity index is 2.29. The van der Waals surface area contributed by atoms with Crippen LogP contribution in [0.3, 0.4) is 0 Å². The lowest BCUT2D eigenvalue weighted by Gasteiger charge is -2.30. The van der Waals surface area contributed by atoms with Gasteiger partial charge in [-0.05, 0) is 31.1 Å². The summed E-state index contributed by atoms with van der Waals surface area (Å²) in [4.78, 5) is 12.2. The smallest absolute Gasteiger partial charge is 0.171 e. The molecule has 1 aliphatic rings. The second-order valence-electron chi connectivity index (χ2n) is 5.72. The molecule has 0 aliphatic heterocycles. The van der Waals surface area contributed by atoms with Crippen LogP contribution in [0.2, 0.25) is 0 Å². The molecule has 2 unspecified atom stereocenters. The van der Waals surface area contributed by atoms with Crippen molar-refractivity contribution >= 4 is 5.78 Å². The SMILES string of the molecule is CC1CC(C)CC(C(=O)c2c(F)cc(F)cc2F)C1. The number of benzene rings is 1. The fourth-order valence-electron chi connectivity index (χ4n) is 3.14. The van der Waals surface area contributed by atoms with Gasteiger partial charge < -0.3 is 0 Å². The van der Waals surface area contributed by atoms with E-state index >= 15 is 0 Å². The fourth-order valence-corrected chi connectivity index (χ4v) is 3.14. The molecule has 1 aromatic rings. The van der Waals surface area contributed by atoms with Crippen molar-refractivity contribution in [2.45, 2.75) is 33.1 Å². The first-order valence-electron chi connectivity index (χ1n) is 6.57. The number of Topliss-reactive ketones (excluding diaryl/α,β-unsaturated/α-hetero) is 1. The van der Waals surface area contributed by atoms with Crippen molar-refractivity contribution in [2.24, 2.45) is 17.8 Å². The van der Waals surface area contributed by atoms with Crippen molar-refractivity contribution < 1.29 is 18.0 Å². The average molecular weight is 270 g/mol. The lowest BCUT2D eigenvalue weighted by Crippen LogP contribution is -2.27. The summed E-state index contributed by atoms with van der Waals surface area (Å²) in [5, 5.41) is 0. The highest BCUT2D eigenvalue weighted by atomic mass is 19.1. The van der Waals surface area contributed by atoms with Crippen LogP contribution in [0.15, 0.2) is 12.1 Å². The van der Waals surface area contributed by atoms with E-state index < -0.39 is 28.8 Å². The zero-order chi connectivity index (χ0) is 14.2. The van der Waals surface area contributed by atoms with Gasteiger partial charge in [0, 0.05) is 18.1 Å². The molecule has 1 nitrogen and oxygen atoms in total. The molecule has 1 aromatic carbocycles. The highest BCUT2D eigenvalue weighted by Gasteiger charge is 2.32. The maximum absolute atomic E-state index is 13.6. The number of hydrogen-bond donors (Lipinski definition) is 0. The molecule has 1 aliphatic carbocycles. The van der Waals surface area contributed by atoms with Crippen molar-refractivity contribution in [3.8, 4) is 0 Å². The Morgan fingerprint density at radius 3 is 1.95 bits per heavy atom. The summed E-state index contributed by atoms with van der Waals surface area (Å²) in [6.07, 6.45) is 2.30. The minimum atomic E-state index is -1.10. The maximum Gasteiger partial charge on any atom is 0.171 e. The van der Waals surface area contributed by atoms with Gasteiger partial charge in [0.2, 0.25) is 0 Å². The molecule has 0 N–H and O–H groups in total. The lowest BCUT2D eigenvalue weighted by molar-refractivity contribution is 0.0827. The second-order valence-corrected chi connectivity index (χ2v) is 5.72. The van der Waals surface area contributed by atoms with Gasteiger partial charge in [-0.25, -0.2) is 13.2 Å². The molecule has 0 radical (unpaired) electrons. The van der Waals surface area contributed by atoms with Gasteiger partial charge in [-0.3, -0.25) is 4.79 Å². The number of hydrogen-bond acceptors (Lipinski definition) is 1. The molecule has 104 valence electrons. The van der Waals surface area contributed by atoms with Crippen LogP contribution in [-0.4, -0.2) is 5.78 Å². The van der Waals surface area contributed by atoms with Crippen molar-refractivity contribution in [2.75, 3.05) is 0 Å². The van der Waals surface area contributed by atoms with E-state index in [0.717, 1.165) is 6.42 Å². The van der Waals surface area contributed by atoms with Gasteiger partial charge in [0.15, 0.2) is 5.78 Å². The third-order valence-electron chi connectivity index (χ3n) is 3.80. The summed E-state index contributed by atoms with van der Waals surface area (Å²) in [5.74, 6) is -3.38. The van der Waals surface area contributed by atoms with Crippen molar-refractivity contribution in [3.63, 3.8) is 0 Å². The summed E-state index contributed by atoms with van der Waals surface area (Å²) in [5.41, 5.74) is -0.590. The van der Waals surface area contributed by atoms with Crippen LogP contribution in [0, 0.1) is 35.2 Å². The topological polar surface area (TPSA) is 17.1 Å². The molecule has 2 atom stereocenters. The monoisotopic (exact) mass is 270 g/mol. The Bertz CT molecular complexity index is 465. The van der Waals surface area contributed by atoms with E-state index in [-0.39, 0.29) is 5.92 Å². The van der Waals surface area contributed by atoms with E-state index in [0.29, 0.717) is 36.8 Å². The molecule has 0 aromatic heterocycles. The number of halogens is 3. The molecular weight excluding hydrogens is 253 g/mol. The van der Waals surface area contributed by atoms with Gasteiger partial charge in [0.05, 0.1) is 5.56 Å². The van der Waals surface area contributed by atoms with E-state index in [2.05, 4.69) is 0 Å². The summed E-state index contributed by atoms with van der Waals surface area (Å²) < 4.78 is 40.1. The first-order chi connectivity index (χ1) is 8.88. The maximum atomic E-state index is 13.6. The second kappa shape index (κ2) is 5.35. The van der Waals surface area contributed by atoms with Gasteiger partial charge in [0.25, 0.3) is 0 Å². The standard InChI is InChI=1S/C15H17F3O/c1-8-3-9(2)5-10(4-8)15(19)14-12(17)6-11(16)7-13(14)18/h6-10H,3-5H2,1-2H3. The van der Waals surface area contributed by atoms with Crippen molar-refractivity contribution in [1.82, 2.24) is 0 Å². The molecule has 1 saturated carbocycles. The summed E-state index contributed by atoms with van der Waals surface area (Å²) in [6, 6.07) is 1.12. The molecule has 0 heterocycles. The fraction of sp³-hybridized carbons (Fsp3) is 0.533. The molecule has 4 heteroatoms. The Labute approximate surface area is 110 Å². The highest BCUT2D eigenvalue weighted by molar-refractivity contribution is 5.98. The Morgan fingerprint density at radius 2 is 1.47 bits per heavy atom. The summed E-state index contributed by atoms with van der Waals surface area (Å²) in [7, 11) is 0. The number of rotatable bonds is 2. The third-order valence-corrected chi connectivity index (χ3v) is 3.80. The van der Waals surface area contributed by atoms with Crippen molar-refractivity contribution in [1.29, 1.82) is 0 Å². The van der Waals surface area contributed by atoms with Crippen LogP contribution < -0.4 is 0 Å². The number of carbonyl (C=O) groups excluding carboxylic acids is 1. The minimum absolute atomic E-state index is 0.365. The Kier molecular flexibility index (Phi) is 3.97. The van der Waals surface area contributed by atoms with Crippen molar-refractivity contribution in [3.05, 3.63) is 35.1 Å². The quantitative estimate of drug-likeness (QED) is 0.730. The Hall–Kier alpha value is -1.32. The normalized spacial score (nSPS) is 27.3. The minimum Gasteiger partial charge on any atom is -0.294 e. The van der Waals surface area contributed by atoms with E-state index in [9.17, 15) is 18.0 Å². The van der Waals surface area contributed by atoms with Gasteiger partial charge in [-0.2, -0.15) is 0 Å². The van der Waals surface area contributed by atoms with E-state index in [1.165, 1.54) is 0 Å². The zero-order valence-electron chi connectivity index (χ0n) is 11.1. The number of carbonyl (C=O) groups is 1. The van der Waals surface area contributed by atoms with Crippen LogP contribution in [-0.2, 0) is 0 Å². The van der Waals surface area contributed by atoms with Gasteiger partial charge >= 0.3 is 0 Å². The van der Waals surface area contributed by atoms with Gasteiger partial charge in [0.1, 0.15) is 17.5 Å². The van der Waals surface area contributed by atoms with Crippen LogP contribution >= 0.6 is 0 Å². The van der Waals surface area contributed by atoms with Crippen LogP contribution in [0.1, 0.15) is 43.5 Å². The Morgan fingerprint density at radius 1 is 1.00 bits per heavy atom. The van der Waals surface area contributed by atoms with E-state index in [1.807, 2.05) is 13.8 Å². The molecule has 0 saturated heterocycles. The first kappa shape index (κ1) is 14.1. The van der Waals surface area contributed by atoms with Crippen LogP contribution in [0.25, 0.3) is 0 Å². The summed E-state index contributed by atoms with van der Waals surface area (Å²) >= 11 is 0. The van der Waals surface area contributed by atoms with Crippen LogP contribution in [0.5, 0.6) is 0 Å². The number of ketones is 1. The molecule has 0 spiro atoms. The molecule has 0 bridgehead atoms. The average Bonchev–Trinajstić information content (AvgIpc) is 2.25. The van der Waals surface area contributed by atoms with Crippen LogP contribution in [0.4, 0.5) is 13.2 Å². The predicted octanol–water partition coefficient (Wildman–Crippen LogP) is 4.36. The molecule has 1 fully saturated rings. The molecular formula is C15H17F3O. The summed E-state index contributed by atoms with van der Waals surface area (Å²) in [6.45, 7) is 4.07. The van der Waals surface area contributed by atoms with Gasteiger partial charge in [-0.15, -0.1) is 0 Å². The third kappa shape index (κ3) is 2.99. The molecule has 0 amide bonds. The largest absolute Gasteiger partial charge is 0.294 e. The zero-order valence-corrected chi connectivity index (χ0v) is 11.1. The van der Waals surface area contributed by atoms with Gasteiger partial charge in [-0.1, -0.05) is 13.8 Å². The molecule has 2 rings (SSSR count). The first-order valence-corrected chi connectivity index (χ1v) is 6.57. The highest BCUT2D eigenvalue weighted by Crippen LogP contribution is 2.35. The molecule has 19 heavy (non-hydrogen) atoms. The predicted molar refractivity (Wildman–Crippen MR) is 66.3 cm³/mol. The van der Waals surface area contributed by atoms with E-state index in [1.54, 1.807) is 0 Å². The van der Waals surface area contributed by atoms with E-state index in [4.69, 9.17) is 0 Å². The lowest BCUT2D eigenvalue weighted by atomic mass is 9.74.